The van der Waals surface area contributed by atoms with Gasteiger partial charge in [-0.3, -0.25) is 4.79 Å². The summed E-state index contributed by atoms with van der Waals surface area (Å²) in [6, 6.07) is 7.78. The zero-order valence-corrected chi connectivity index (χ0v) is 12.3. The second-order valence-corrected chi connectivity index (χ2v) is 6.28. The van der Waals surface area contributed by atoms with Crippen LogP contribution < -0.4 is 10.1 Å². The van der Waals surface area contributed by atoms with E-state index in [2.05, 4.69) is 5.32 Å². The van der Waals surface area contributed by atoms with Crippen molar-refractivity contribution in [1.82, 2.24) is 5.32 Å². The Hall–Kier alpha value is -1.55. The Morgan fingerprint density at radius 1 is 1.29 bits per heavy atom. The van der Waals surface area contributed by atoms with Gasteiger partial charge in [-0.2, -0.15) is 0 Å². The number of benzene rings is 1. The number of carbonyl (C=O) groups excluding carboxylic acids is 1. The Bertz CT molecular complexity index is 505. The zero-order valence-electron chi connectivity index (χ0n) is 12.3. The second kappa shape index (κ2) is 6.06. The standard InChI is InChI=1S/C17H23NO3/c19-16(17(20)9-3-4-10-17)18-11-14-5-1-2-6-15(14)21-12-13-7-8-13/h1-2,5-6,13,20H,3-4,7-12H2,(H,18,19). The monoisotopic (exact) mass is 289 g/mol. The molecule has 2 aliphatic carbocycles. The van der Waals surface area contributed by atoms with Crippen molar-refractivity contribution in [2.45, 2.75) is 50.7 Å². The van der Waals surface area contributed by atoms with Crippen molar-refractivity contribution in [2.24, 2.45) is 5.92 Å². The molecule has 2 N–H and O–H groups in total. The molecule has 4 heteroatoms. The number of rotatable bonds is 6. The van der Waals surface area contributed by atoms with Crippen LogP contribution in [0.4, 0.5) is 0 Å². The first-order chi connectivity index (χ1) is 10.2. The van der Waals surface area contributed by atoms with Crippen molar-refractivity contribution in [3.05, 3.63) is 29.8 Å². The molecule has 0 atom stereocenters. The lowest BCUT2D eigenvalue weighted by molar-refractivity contribution is -0.139. The molecule has 0 spiro atoms. The van der Waals surface area contributed by atoms with Crippen LogP contribution in [0.5, 0.6) is 5.75 Å². The van der Waals surface area contributed by atoms with Crippen molar-refractivity contribution in [2.75, 3.05) is 6.61 Å². The first-order valence-corrected chi connectivity index (χ1v) is 7.89. The Morgan fingerprint density at radius 2 is 2.00 bits per heavy atom. The van der Waals surface area contributed by atoms with Crippen molar-refractivity contribution in [3.63, 3.8) is 0 Å². The third-order valence-electron chi connectivity index (χ3n) is 4.44. The average molecular weight is 289 g/mol. The summed E-state index contributed by atoms with van der Waals surface area (Å²) in [6.45, 7) is 1.16. The third kappa shape index (κ3) is 3.56. The first kappa shape index (κ1) is 14.4. The Morgan fingerprint density at radius 3 is 2.71 bits per heavy atom. The van der Waals surface area contributed by atoms with Crippen LogP contribution in [0.1, 0.15) is 44.1 Å². The lowest BCUT2D eigenvalue weighted by Gasteiger charge is -2.21. The predicted octanol–water partition coefficient (Wildman–Crippen LogP) is 2.40. The molecule has 0 unspecified atom stereocenters. The van der Waals surface area contributed by atoms with Gasteiger partial charge in [0.25, 0.3) is 5.91 Å². The van der Waals surface area contributed by atoms with Crippen LogP contribution in [0.15, 0.2) is 24.3 Å². The van der Waals surface area contributed by atoms with Gasteiger partial charge in [0.2, 0.25) is 0 Å². The molecule has 0 bridgehead atoms. The highest BCUT2D eigenvalue weighted by Crippen LogP contribution is 2.31. The zero-order chi connectivity index (χ0) is 14.7. The predicted molar refractivity (Wildman–Crippen MR) is 79.9 cm³/mol. The van der Waals surface area contributed by atoms with E-state index in [0.717, 1.165) is 30.8 Å². The van der Waals surface area contributed by atoms with Gasteiger partial charge in [-0.15, -0.1) is 0 Å². The lowest BCUT2D eigenvalue weighted by Crippen LogP contribution is -2.44. The molecule has 2 saturated carbocycles. The minimum absolute atomic E-state index is 0.253. The van der Waals surface area contributed by atoms with Gasteiger partial charge in [-0.1, -0.05) is 18.2 Å². The quantitative estimate of drug-likeness (QED) is 0.845. The van der Waals surface area contributed by atoms with E-state index in [0.29, 0.717) is 25.3 Å². The molecule has 4 nitrogen and oxygen atoms in total. The summed E-state index contributed by atoms with van der Waals surface area (Å²) in [5.41, 5.74) is -0.197. The lowest BCUT2D eigenvalue weighted by atomic mass is 10.0. The summed E-state index contributed by atoms with van der Waals surface area (Å²) in [7, 11) is 0. The van der Waals surface area contributed by atoms with E-state index in [1.54, 1.807) is 0 Å². The molecule has 2 aliphatic rings. The fourth-order valence-corrected chi connectivity index (χ4v) is 2.81. The van der Waals surface area contributed by atoms with Crippen LogP contribution >= 0.6 is 0 Å². The summed E-state index contributed by atoms with van der Waals surface area (Å²) in [5.74, 6) is 1.28. The third-order valence-corrected chi connectivity index (χ3v) is 4.44. The van der Waals surface area contributed by atoms with E-state index in [1.165, 1.54) is 12.8 Å². The number of hydrogen-bond acceptors (Lipinski definition) is 3. The summed E-state index contributed by atoms with van der Waals surface area (Å²) in [5, 5.41) is 13.1. The van der Waals surface area contributed by atoms with Crippen LogP contribution in [0.25, 0.3) is 0 Å². The summed E-state index contributed by atoms with van der Waals surface area (Å²) in [6.07, 6.45) is 5.49. The largest absolute Gasteiger partial charge is 0.493 e. The van der Waals surface area contributed by atoms with E-state index in [4.69, 9.17) is 4.74 Å². The number of hydrogen-bond donors (Lipinski definition) is 2. The van der Waals surface area contributed by atoms with E-state index < -0.39 is 5.60 Å². The van der Waals surface area contributed by atoms with E-state index in [1.807, 2.05) is 24.3 Å². The van der Waals surface area contributed by atoms with E-state index >= 15 is 0 Å². The summed E-state index contributed by atoms with van der Waals surface area (Å²) < 4.78 is 5.83. The van der Waals surface area contributed by atoms with Crippen molar-refractivity contribution < 1.29 is 14.6 Å². The molecule has 1 amide bonds. The van der Waals surface area contributed by atoms with Crippen LogP contribution in [0.2, 0.25) is 0 Å². The number of carbonyl (C=O) groups is 1. The van der Waals surface area contributed by atoms with Gasteiger partial charge < -0.3 is 15.2 Å². The molecule has 3 rings (SSSR count). The Kier molecular flexibility index (Phi) is 4.15. The number of aliphatic hydroxyl groups is 1. The highest BCUT2D eigenvalue weighted by molar-refractivity contribution is 5.85. The van der Waals surface area contributed by atoms with Crippen LogP contribution in [0, 0.1) is 5.92 Å². The van der Waals surface area contributed by atoms with Crippen LogP contribution in [0.3, 0.4) is 0 Å². The molecule has 1 aromatic carbocycles. The average Bonchev–Trinajstić information content (AvgIpc) is 3.23. The number of amides is 1. The maximum Gasteiger partial charge on any atom is 0.252 e. The van der Waals surface area contributed by atoms with Gasteiger partial charge in [0.15, 0.2) is 0 Å². The summed E-state index contributed by atoms with van der Waals surface area (Å²) >= 11 is 0. The van der Waals surface area contributed by atoms with Gasteiger partial charge >= 0.3 is 0 Å². The van der Waals surface area contributed by atoms with Gasteiger partial charge in [0, 0.05) is 12.1 Å². The molecule has 2 fully saturated rings. The van der Waals surface area contributed by atoms with Crippen LogP contribution in [-0.2, 0) is 11.3 Å². The molecule has 0 saturated heterocycles. The van der Waals surface area contributed by atoms with Crippen molar-refractivity contribution >= 4 is 5.91 Å². The minimum atomic E-state index is -1.16. The van der Waals surface area contributed by atoms with E-state index in [9.17, 15) is 9.90 Å². The molecule has 0 radical (unpaired) electrons. The van der Waals surface area contributed by atoms with Crippen molar-refractivity contribution in [1.29, 1.82) is 0 Å². The van der Waals surface area contributed by atoms with Crippen molar-refractivity contribution in [3.8, 4) is 5.75 Å². The highest BCUT2D eigenvalue weighted by atomic mass is 16.5. The molecule has 0 aliphatic heterocycles. The molecule has 1 aromatic rings. The smallest absolute Gasteiger partial charge is 0.252 e. The van der Waals surface area contributed by atoms with E-state index in [-0.39, 0.29) is 5.91 Å². The fourth-order valence-electron chi connectivity index (χ4n) is 2.81. The topological polar surface area (TPSA) is 58.6 Å². The first-order valence-electron chi connectivity index (χ1n) is 7.89. The number of para-hydroxylation sites is 1. The summed E-state index contributed by atoms with van der Waals surface area (Å²) in [4.78, 5) is 12.1. The number of nitrogens with one attached hydrogen (secondary N) is 1. The Balaban J connectivity index is 1.57. The molecular weight excluding hydrogens is 266 g/mol. The molecule has 21 heavy (non-hydrogen) atoms. The van der Waals surface area contributed by atoms with Gasteiger partial charge in [-0.05, 0) is 50.5 Å². The SMILES string of the molecule is O=C(NCc1ccccc1OCC1CC1)C1(O)CCCC1. The van der Waals surface area contributed by atoms with Crippen LogP contribution in [-0.4, -0.2) is 23.2 Å². The Labute approximate surface area is 125 Å². The fraction of sp³-hybridized carbons (Fsp3) is 0.588. The van der Waals surface area contributed by atoms with Gasteiger partial charge in [0.1, 0.15) is 11.4 Å². The minimum Gasteiger partial charge on any atom is -0.493 e. The highest BCUT2D eigenvalue weighted by Gasteiger charge is 2.38. The molecule has 114 valence electrons. The maximum absolute atomic E-state index is 12.1. The normalized spacial score (nSPS) is 20.2. The maximum atomic E-state index is 12.1. The molecular formula is C17H23NO3. The number of ether oxygens (including phenoxy) is 1. The van der Waals surface area contributed by atoms with Gasteiger partial charge in [-0.25, -0.2) is 0 Å². The molecule has 0 aromatic heterocycles. The second-order valence-electron chi connectivity index (χ2n) is 6.28. The molecule has 0 heterocycles. The van der Waals surface area contributed by atoms with Gasteiger partial charge in [0.05, 0.1) is 6.61 Å².